The zero-order chi connectivity index (χ0) is 26.7. The van der Waals surface area contributed by atoms with Gasteiger partial charge in [-0.2, -0.15) is 5.09 Å². The third kappa shape index (κ3) is 7.45. The molecule has 0 unspecified atom stereocenters. The van der Waals surface area contributed by atoms with Crippen molar-refractivity contribution in [1.29, 1.82) is 0 Å². The Balaban J connectivity index is 0.00000481. The molecule has 6 atom stereocenters. The summed E-state index contributed by atoms with van der Waals surface area (Å²) >= 11 is 0. The highest BCUT2D eigenvalue weighted by atomic mass is 31.2. The molecule has 11 nitrogen and oxygen atoms in total. The van der Waals surface area contributed by atoms with E-state index in [0.717, 1.165) is 24.1 Å². The fourth-order valence-electron chi connectivity index (χ4n) is 3.61. The number of ether oxygens (including phenoxy) is 2. The highest BCUT2D eigenvalue weighted by molar-refractivity contribution is 7.52. The minimum atomic E-state index is -4.29. The summed E-state index contributed by atoms with van der Waals surface area (Å²) in [6.45, 7) is 5.14. The minimum absolute atomic E-state index is 0. The van der Waals surface area contributed by atoms with Crippen LogP contribution in [0.2, 0.25) is 0 Å². The van der Waals surface area contributed by atoms with E-state index in [0.29, 0.717) is 0 Å². The van der Waals surface area contributed by atoms with Gasteiger partial charge < -0.3 is 19.1 Å². The van der Waals surface area contributed by atoms with Crippen molar-refractivity contribution in [3.8, 4) is 5.75 Å². The number of hydrogen-bond acceptors (Lipinski definition) is 9. The van der Waals surface area contributed by atoms with Crippen LogP contribution in [0.4, 0.5) is 4.39 Å². The molecular formula is C24H34FN2O9P. The summed E-state index contributed by atoms with van der Waals surface area (Å²) in [7, 11) is -4.29. The molecule has 1 aromatic carbocycles. The predicted octanol–water partition coefficient (Wildman–Crippen LogP) is 2.89. The van der Waals surface area contributed by atoms with Crippen LogP contribution in [-0.4, -0.2) is 70.5 Å². The number of allylic oxidation sites excluding steroid dienone is 1. The minimum Gasteiger partial charge on any atom is -0.462 e. The molecule has 13 heteroatoms. The molecule has 2 N–H and O–H groups in total. The van der Waals surface area contributed by atoms with Crippen LogP contribution in [0.25, 0.3) is 0 Å². The lowest BCUT2D eigenvalue weighted by Gasteiger charge is -2.32. The van der Waals surface area contributed by atoms with Gasteiger partial charge in [0.1, 0.15) is 24.0 Å². The number of halogens is 1. The Morgan fingerprint density at radius 3 is 2.54 bits per heavy atom. The molecular weight excluding hydrogens is 510 g/mol. The normalized spacial score (nSPS) is 28.0. The lowest BCUT2D eigenvalue weighted by Crippen LogP contribution is -2.51. The van der Waals surface area contributed by atoms with E-state index >= 15 is 4.39 Å². The second kappa shape index (κ2) is 12.3. The maximum absolute atomic E-state index is 15.5. The van der Waals surface area contributed by atoms with Gasteiger partial charge in [-0.3, -0.25) is 23.8 Å². The average Bonchev–Trinajstić information content (AvgIpc) is 3.01. The number of benzene rings is 1. The Morgan fingerprint density at radius 2 is 1.95 bits per heavy atom. The Kier molecular flexibility index (Phi) is 10.2. The first-order valence-electron chi connectivity index (χ1n) is 11.3. The van der Waals surface area contributed by atoms with Gasteiger partial charge in [0.2, 0.25) is 5.91 Å². The van der Waals surface area contributed by atoms with Gasteiger partial charge in [0, 0.05) is 6.20 Å². The number of nitrogens with zero attached hydrogens (tertiary/aromatic N) is 1. The number of para-hydroxylation sites is 1. The third-order valence-electron chi connectivity index (χ3n) is 5.44. The van der Waals surface area contributed by atoms with Crippen LogP contribution >= 0.6 is 7.75 Å². The highest BCUT2D eigenvalue weighted by Crippen LogP contribution is 2.46. The molecule has 2 aliphatic heterocycles. The van der Waals surface area contributed by atoms with E-state index in [4.69, 9.17) is 18.5 Å². The predicted molar refractivity (Wildman–Crippen MR) is 131 cm³/mol. The summed E-state index contributed by atoms with van der Waals surface area (Å²) in [6, 6.07) is 6.90. The number of rotatable bonds is 10. The number of amides is 1. The van der Waals surface area contributed by atoms with E-state index in [2.05, 4.69) is 5.09 Å². The number of aliphatic hydroxyl groups is 1. The average molecular weight is 545 g/mol. The number of ketones is 1. The van der Waals surface area contributed by atoms with Gasteiger partial charge in [-0.15, -0.1) is 0 Å². The van der Waals surface area contributed by atoms with Crippen LogP contribution in [0.1, 0.15) is 41.5 Å². The van der Waals surface area contributed by atoms with Crippen molar-refractivity contribution in [2.75, 3.05) is 6.61 Å². The van der Waals surface area contributed by atoms with E-state index < -0.39 is 74.7 Å². The Bertz CT molecular complexity index is 1050. The van der Waals surface area contributed by atoms with E-state index in [1.54, 1.807) is 32.0 Å². The number of aliphatic hydroxyl groups excluding tert-OH is 1. The summed E-state index contributed by atoms with van der Waals surface area (Å²) in [4.78, 5) is 36.9. The van der Waals surface area contributed by atoms with Crippen molar-refractivity contribution in [2.45, 2.75) is 77.8 Å². The number of hydrogen-bond donors (Lipinski definition) is 2. The van der Waals surface area contributed by atoms with E-state index in [1.807, 2.05) is 0 Å². The maximum atomic E-state index is 15.5. The maximum Gasteiger partial charge on any atom is 0.459 e. The molecule has 1 fully saturated rings. The van der Waals surface area contributed by atoms with Crippen molar-refractivity contribution in [3.05, 3.63) is 42.6 Å². The first kappa shape index (κ1) is 30.6. The monoisotopic (exact) mass is 544 g/mol. The SMILES string of the molecule is C.CC(C)OC(=O)[C@H](C)N[P@](=O)(OC[C@H]1O[C@@H](N2C=CC(=O)CC2=O)[C@](C)(F)[C@@H]1O)Oc1ccccc1. The van der Waals surface area contributed by atoms with Crippen molar-refractivity contribution >= 4 is 25.4 Å². The molecule has 2 heterocycles. The molecule has 37 heavy (non-hydrogen) atoms. The number of nitrogens with one attached hydrogen (secondary N) is 1. The van der Waals surface area contributed by atoms with Crippen LogP contribution in [-0.2, 0) is 32.9 Å². The number of alkyl halides is 1. The molecule has 0 spiro atoms. The van der Waals surface area contributed by atoms with Gasteiger partial charge in [0.25, 0.3) is 0 Å². The molecule has 0 aliphatic carbocycles. The molecule has 0 bridgehead atoms. The highest BCUT2D eigenvalue weighted by Gasteiger charge is 2.57. The lowest BCUT2D eigenvalue weighted by atomic mass is 9.97. The summed E-state index contributed by atoms with van der Waals surface area (Å²) in [5.41, 5.74) is -2.44. The van der Waals surface area contributed by atoms with Crippen LogP contribution in [0.5, 0.6) is 5.75 Å². The third-order valence-corrected chi connectivity index (χ3v) is 7.08. The van der Waals surface area contributed by atoms with Crippen LogP contribution in [0.3, 0.4) is 0 Å². The molecule has 3 rings (SSSR count). The molecule has 0 saturated carbocycles. The van der Waals surface area contributed by atoms with E-state index in [1.165, 1.54) is 19.1 Å². The molecule has 206 valence electrons. The Morgan fingerprint density at radius 1 is 1.30 bits per heavy atom. The van der Waals surface area contributed by atoms with Crippen molar-refractivity contribution in [3.63, 3.8) is 0 Å². The molecule has 0 radical (unpaired) electrons. The zero-order valence-corrected chi connectivity index (χ0v) is 21.2. The smallest absolute Gasteiger partial charge is 0.459 e. The fraction of sp³-hybridized carbons (Fsp3) is 0.542. The summed E-state index contributed by atoms with van der Waals surface area (Å²) in [5.74, 6) is -1.68. The topological polar surface area (TPSA) is 141 Å². The second-order valence-corrected chi connectivity index (χ2v) is 10.6. The largest absolute Gasteiger partial charge is 0.462 e. The zero-order valence-electron chi connectivity index (χ0n) is 20.3. The molecule has 1 saturated heterocycles. The summed E-state index contributed by atoms with van der Waals surface area (Å²) < 4.78 is 50.7. The standard InChI is InChI=1S/C23H30FN2O9P.CH4/c1-14(2)33-21(30)15(3)25-36(31,35-17-8-6-5-7-9-17)32-13-18-20(29)23(4,24)22(34-18)26-11-10-16(27)12-19(26)28;/h5-11,14-15,18,20,22,29H,12-13H2,1-4H3,(H,25,31);1H4/t15-,18+,20+,22+,23+,36-;/m0./s1. The van der Waals surface area contributed by atoms with Crippen molar-refractivity contribution < 1.29 is 47.0 Å². The number of carbonyl (C=O) groups excluding carboxylic acids is 3. The van der Waals surface area contributed by atoms with Crippen LogP contribution in [0.15, 0.2) is 42.6 Å². The van der Waals surface area contributed by atoms with Crippen molar-refractivity contribution in [2.24, 2.45) is 0 Å². The van der Waals surface area contributed by atoms with Crippen LogP contribution in [0, 0.1) is 0 Å². The number of carbonyl (C=O) groups is 3. The van der Waals surface area contributed by atoms with Gasteiger partial charge in [-0.1, -0.05) is 25.6 Å². The fourth-order valence-corrected chi connectivity index (χ4v) is 5.11. The Labute approximate surface area is 215 Å². The van der Waals surface area contributed by atoms with Gasteiger partial charge in [0.05, 0.1) is 19.1 Å². The van der Waals surface area contributed by atoms with E-state index in [-0.39, 0.29) is 13.2 Å². The van der Waals surface area contributed by atoms with Gasteiger partial charge in [-0.05, 0) is 45.9 Å². The molecule has 2 aliphatic rings. The quantitative estimate of drug-likeness (QED) is 0.257. The molecule has 1 aromatic rings. The Hall–Kier alpha value is -2.63. The second-order valence-electron chi connectivity index (χ2n) is 8.92. The lowest BCUT2D eigenvalue weighted by molar-refractivity contribution is -0.150. The van der Waals surface area contributed by atoms with Crippen LogP contribution < -0.4 is 9.61 Å². The van der Waals surface area contributed by atoms with Gasteiger partial charge >= 0.3 is 13.7 Å². The molecule has 0 aromatic heterocycles. The van der Waals surface area contributed by atoms with E-state index in [9.17, 15) is 24.1 Å². The molecule has 1 amide bonds. The summed E-state index contributed by atoms with van der Waals surface area (Å²) in [5, 5.41) is 13.1. The first-order chi connectivity index (χ1) is 16.8. The number of esters is 1. The van der Waals surface area contributed by atoms with Gasteiger partial charge in [-0.25, -0.2) is 8.96 Å². The van der Waals surface area contributed by atoms with Crippen molar-refractivity contribution in [1.82, 2.24) is 9.99 Å². The summed E-state index contributed by atoms with van der Waals surface area (Å²) in [6.07, 6.45) is -3.37. The van der Waals surface area contributed by atoms with Gasteiger partial charge in [0.15, 0.2) is 17.7 Å². The first-order valence-corrected chi connectivity index (χ1v) is 12.9.